The summed E-state index contributed by atoms with van der Waals surface area (Å²) in [7, 11) is 0. The van der Waals surface area contributed by atoms with E-state index in [1.54, 1.807) is 0 Å². The van der Waals surface area contributed by atoms with Crippen LogP contribution < -0.4 is 0 Å². The molecule has 0 aromatic rings. The van der Waals surface area contributed by atoms with Crippen LogP contribution in [0.15, 0.2) is 11.6 Å². The molecule has 1 unspecified atom stereocenters. The minimum atomic E-state index is -0.951. The lowest BCUT2D eigenvalue weighted by Crippen LogP contribution is -2.15. The van der Waals surface area contributed by atoms with E-state index in [9.17, 15) is 14.4 Å². The largest absolute Gasteiger partial charge is 0.444 e. The van der Waals surface area contributed by atoms with Gasteiger partial charge in [-0.1, -0.05) is 11.6 Å². The molecule has 0 saturated carbocycles. The van der Waals surface area contributed by atoms with Crippen molar-refractivity contribution in [3.05, 3.63) is 11.6 Å². The van der Waals surface area contributed by atoms with Crippen LogP contribution >= 0.6 is 23.2 Å². The SMILES string of the molecule is O=C1C=C(CC(=O)OC(Cl)CCl)C(=O)O1. The summed E-state index contributed by atoms with van der Waals surface area (Å²) in [5, 5.41) is 0. The summed E-state index contributed by atoms with van der Waals surface area (Å²) >= 11 is 10.7. The first kappa shape index (κ1) is 12.0. The molecular weight excluding hydrogens is 247 g/mol. The van der Waals surface area contributed by atoms with Gasteiger partial charge in [-0.3, -0.25) is 4.79 Å². The lowest BCUT2D eigenvalue weighted by atomic mass is 10.2. The van der Waals surface area contributed by atoms with E-state index >= 15 is 0 Å². The Morgan fingerprint density at radius 3 is 2.67 bits per heavy atom. The zero-order valence-electron chi connectivity index (χ0n) is 7.37. The first-order valence-electron chi connectivity index (χ1n) is 3.89. The molecule has 0 aromatic carbocycles. The summed E-state index contributed by atoms with van der Waals surface area (Å²) < 4.78 is 8.75. The topological polar surface area (TPSA) is 69.7 Å². The van der Waals surface area contributed by atoms with Crippen molar-refractivity contribution in [1.82, 2.24) is 0 Å². The second kappa shape index (κ2) is 5.14. The molecule has 1 aliphatic heterocycles. The molecule has 82 valence electrons. The third-order valence-corrected chi connectivity index (χ3v) is 2.14. The van der Waals surface area contributed by atoms with Crippen LogP contribution in [0.25, 0.3) is 0 Å². The Morgan fingerprint density at radius 1 is 1.53 bits per heavy atom. The summed E-state index contributed by atoms with van der Waals surface area (Å²) in [6.07, 6.45) is 0.582. The van der Waals surface area contributed by atoms with Gasteiger partial charge in [-0.2, -0.15) is 0 Å². The zero-order valence-corrected chi connectivity index (χ0v) is 8.88. The van der Waals surface area contributed by atoms with Gasteiger partial charge < -0.3 is 9.47 Å². The summed E-state index contributed by atoms with van der Waals surface area (Å²) in [4.78, 5) is 32.6. The maximum Gasteiger partial charge on any atom is 0.342 e. The number of hydrogen-bond acceptors (Lipinski definition) is 5. The van der Waals surface area contributed by atoms with E-state index in [1.807, 2.05) is 0 Å². The highest BCUT2D eigenvalue weighted by Gasteiger charge is 2.26. The normalized spacial score (nSPS) is 17.1. The first-order chi connectivity index (χ1) is 7.02. The maximum atomic E-state index is 11.1. The number of carbonyl (C=O) groups excluding carboxylic acids is 3. The van der Waals surface area contributed by atoms with E-state index in [0.717, 1.165) is 6.08 Å². The van der Waals surface area contributed by atoms with Gasteiger partial charge in [0.25, 0.3) is 0 Å². The van der Waals surface area contributed by atoms with Gasteiger partial charge in [0.05, 0.1) is 17.9 Å². The molecule has 1 atom stereocenters. The molecule has 1 aliphatic rings. The summed E-state index contributed by atoms with van der Waals surface area (Å²) in [6, 6.07) is 0. The lowest BCUT2D eigenvalue weighted by molar-refractivity contribution is -0.152. The average molecular weight is 253 g/mol. The van der Waals surface area contributed by atoms with Crippen LogP contribution in [0, 0.1) is 0 Å². The molecule has 5 nitrogen and oxygen atoms in total. The molecule has 0 bridgehead atoms. The number of halogens is 2. The van der Waals surface area contributed by atoms with Gasteiger partial charge in [-0.25, -0.2) is 9.59 Å². The van der Waals surface area contributed by atoms with Crippen molar-refractivity contribution in [2.24, 2.45) is 0 Å². The van der Waals surface area contributed by atoms with Crippen LogP contribution in [-0.4, -0.2) is 29.4 Å². The molecule has 1 heterocycles. The van der Waals surface area contributed by atoms with Crippen molar-refractivity contribution in [1.29, 1.82) is 0 Å². The van der Waals surface area contributed by atoms with E-state index in [-0.39, 0.29) is 17.9 Å². The fourth-order valence-corrected chi connectivity index (χ4v) is 1.04. The standard InChI is InChI=1S/C8H6Cl2O5/c9-3-5(10)14-6(11)1-4-2-7(12)15-8(4)13/h2,5H,1,3H2. The minimum absolute atomic E-state index is 0.0524. The molecule has 0 spiro atoms. The third-order valence-electron chi connectivity index (χ3n) is 1.46. The monoisotopic (exact) mass is 252 g/mol. The number of hydrogen-bond donors (Lipinski definition) is 0. The molecule has 0 radical (unpaired) electrons. The molecule has 1 rings (SSSR count). The molecule has 0 aromatic heterocycles. The summed E-state index contributed by atoms with van der Waals surface area (Å²) in [5.74, 6) is -2.43. The highest BCUT2D eigenvalue weighted by molar-refractivity contribution is 6.27. The maximum absolute atomic E-state index is 11.1. The smallest absolute Gasteiger partial charge is 0.342 e. The van der Waals surface area contributed by atoms with Gasteiger partial charge in [0, 0.05) is 6.08 Å². The van der Waals surface area contributed by atoms with E-state index in [4.69, 9.17) is 23.2 Å². The van der Waals surface area contributed by atoms with Gasteiger partial charge >= 0.3 is 17.9 Å². The van der Waals surface area contributed by atoms with Crippen LogP contribution in [0.3, 0.4) is 0 Å². The lowest BCUT2D eigenvalue weighted by Gasteiger charge is -2.06. The van der Waals surface area contributed by atoms with Gasteiger partial charge in [0.15, 0.2) is 5.56 Å². The van der Waals surface area contributed by atoms with Gasteiger partial charge in [0.1, 0.15) is 0 Å². The molecule has 0 saturated heterocycles. The molecule has 15 heavy (non-hydrogen) atoms. The first-order valence-corrected chi connectivity index (χ1v) is 4.86. The molecule has 0 amide bonds. The van der Waals surface area contributed by atoms with Crippen LogP contribution in [0.1, 0.15) is 6.42 Å². The Kier molecular flexibility index (Phi) is 4.11. The number of cyclic esters (lactones) is 2. The predicted octanol–water partition coefficient (Wildman–Crippen LogP) is 0.733. The van der Waals surface area contributed by atoms with E-state index in [1.165, 1.54) is 0 Å². The van der Waals surface area contributed by atoms with E-state index in [0.29, 0.717) is 0 Å². The van der Waals surface area contributed by atoms with Crippen LogP contribution in [0.4, 0.5) is 0 Å². The van der Waals surface area contributed by atoms with Crippen molar-refractivity contribution in [3.63, 3.8) is 0 Å². The van der Waals surface area contributed by atoms with Gasteiger partial charge in [-0.15, -0.1) is 11.6 Å². The van der Waals surface area contributed by atoms with Crippen molar-refractivity contribution in [2.45, 2.75) is 12.0 Å². The van der Waals surface area contributed by atoms with Crippen molar-refractivity contribution < 1.29 is 23.9 Å². The highest BCUT2D eigenvalue weighted by atomic mass is 35.5. The Balaban J connectivity index is 2.48. The molecular formula is C8H6Cl2O5. The number of alkyl halides is 2. The fraction of sp³-hybridized carbons (Fsp3) is 0.375. The zero-order chi connectivity index (χ0) is 11.4. The minimum Gasteiger partial charge on any atom is -0.444 e. The van der Waals surface area contributed by atoms with Crippen molar-refractivity contribution >= 4 is 41.1 Å². The van der Waals surface area contributed by atoms with Gasteiger partial charge in [0.2, 0.25) is 0 Å². The number of ether oxygens (including phenoxy) is 2. The third kappa shape index (κ3) is 3.53. The molecule has 0 fully saturated rings. The quantitative estimate of drug-likeness (QED) is 0.419. The Hall–Kier alpha value is -1.07. The number of rotatable bonds is 4. The molecule has 0 aliphatic carbocycles. The highest BCUT2D eigenvalue weighted by Crippen LogP contribution is 2.14. The van der Waals surface area contributed by atoms with Crippen LogP contribution in [-0.2, 0) is 23.9 Å². The second-order valence-electron chi connectivity index (χ2n) is 2.61. The van der Waals surface area contributed by atoms with Crippen molar-refractivity contribution in [2.75, 3.05) is 5.88 Å². The van der Waals surface area contributed by atoms with Crippen LogP contribution in [0.5, 0.6) is 0 Å². The van der Waals surface area contributed by atoms with E-state index in [2.05, 4.69) is 9.47 Å². The van der Waals surface area contributed by atoms with Crippen molar-refractivity contribution in [3.8, 4) is 0 Å². The summed E-state index contributed by atoms with van der Waals surface area (Å²) in [6.45, 7) is 0. The number of esters is 3. The van der Waals surface area contributed by atoms with Gasteiger partial charge in [-0.05, 0) is 0 Å². The Bertz CT molecular complexity index is 336. The molecule has 0 N–H and O–H groups in total. The average Bonchev–Trinajstić information content (AvgIpc) is 2.44. The summed E-state index contributed by atoms with van der Waals surface area (Å²) in [5.41, 5.74) is -1.00. The molecule has 7 heteroatoms. The van der Waals surface area contributed by atoms with E-state index < -0.39 is 23.5 Å². The fourth-order valence-electron chi connectivity index (χ4n) is 0.882. The Labute approximate surface area is 94.9 Å². The Morgan fingerprint density at radius 2 is 2.20 bits per heavy atom. The second-order valence-corrected chi connectivity index (χ2v) is 3.40. The number of carbonyl (C=O) groups is 3. The van der Waals surface area contributed by atoms with Crippen LogP contribution in [0.2, 0.25) is 0 Å². The predicted molar refractivity (Wildman–Crippen MR) is 50.3 cm³/mol.